The van der Waals surface area contributed by atoms with E-state index in [4.69, 9.17) is 4.42 Å². The molecular formula is C13H18BrNO2. The second kappa shape index (κ2) is 5.25. The number of rotatable bonds is 4. The predicted octanol–water partition coefficient (Wildman–Crippen LogP) is 3.27. The molecule has 0 unspecified atom stereocenters. The lowest BCUT2D eigenvalue weighted by Gasteiger charge is -2.26. The van der Waals surface area contributed by atoms with Gasteiger partial charge in [0.15, 0.2) is 5.76 Å². The molecule has 1 N–H and O–H groups in total. The SMILES string of the molecule is Cc1ccc(C(=O)NCC2(CBr)CCCC2)o1. The number of amides is 1. The first-order valence-corrected chi connectivity index (χ1v) is 7.18. The van der Waals surface area contributed by atoms with Gasteiger partial charge in [0, 0.05) is 11.9 Å². The lowest BCUT2D eigenvalue weighted by Crippen LogP contribution is -2.36. The summed E-state index contributed by atoms with van der Waals surface area (Å²) in [6.45, 7) is 2.57. The summed E-state index contributed by atoms with van der Waals surface area (Å²) in [5.74, 6) is 1.07. The number of furan rings is 1. The van der Waals surface area contributed by atoms with Gasteiger partial charge in [-0.2, -0.15) is 0 Å². The number of alkyl halides is 1. The van der Waals surface area contributed by atoms with E-state index in [1.54, 1.807) is 6.07 Å². The van der Waals surface area contributed by atoms with Crippen LogP contribution in [0.25, 0.3) is 0 Å². The molecule has 1 amide bonds. The van der Waals surface area contributed by atoms with Crippen molar-refractivity contribution in [1.29, 1.82) is 0 Å². The van der Waals surface area contributed by atoms with Crippen molar-refractivity contribution in [2.75, 3.05) is 11.9 Å². The standard InChI is InChI=1S/C13H18BrNO2/c1-10-4-5-11(17-10)12(16)15-9-13(8-14)6-2-3-7-13/h4-5H,2-3,6-9H2,1H3,(H,15,16). The highest BCUT2D eigenvalue weighted by molar-refractivity contribution is 9.09. The number of hydrogen-bond acceptors (Lipinski definition) is 2. The number of halogens is 1. The fourth-order valence-electron chi connectivity index (χ4n) is 2.39. The van der Waals surface area contributed by atoms with Gasteiger partial charge in [0.05, 0.1) is 0 Å². The molecule has 17 heavy (non-hydrogen) atoms. The minimum atomic E-state index is -0.106. The number of hydrogen-bond donors (Lipinski definition) is 1. The monoisotopic (exact) mass is 299 g/mol. The van der Waals surface area contributed by atoms with Crippen molar-refractivity contribution in [3.63, 3.8) is 0 Å². The molecule has 1 aromatic rings. The fraction of sp³-hybridized carbons (Fsp3) is 0.615. The molecular weight excluding hydrogens is 282 g/mol. The van der Waals surface area contributed by atoms with Crippen LogP contribution in [0.3, 0.4) is 0 Å². The normalized spacial score (nSPS) is 18.2. The zero-order valence-electron chi connectivity index (χ0n) is 10.1. The molecule has 1 fully saturated rings. The van der Waals surface area contributed by atoms with Gasteiger partial charge < -0.3 is 9.73 Å². The average molecular weight is 300 g/mol. The van der Waals surface area contributed by atoms with Gasteiger partial charge in [0.1, 0.15) is 5.76 Å². The molecule has 1 aliphatic rings. The van der Waals surface area contributed by atoms with Crippen LogP contribution in [0.1, 0.15) is 42.0 Å². The fourth-order valence-corrected chi connectivity index (χ4v) is 3.15. The molecule has 2 rings (SSSR count). The summed E-state index contributed by atoms with van der Waals surface area (Å²) >= 11 is 3.57. The first kappa shape index (κ1) is 12.7. The summed E-state index contributed by atoms with van der Waals surface area (Å²) in [6, 6.07) is 3.53. The summed E-state index contributed by atoms with van der Waals surface area (Å²) in [6.07, 6.45) is 4.91. The topological polar surface area (TPSA) is 42.2 Å². The second-order valence-corrected chi connectivity index (χ2v) is 5.49. The van der Waals surface area contributed by atoms with Crippen molar-refractivity contribution >= 4 is 21.8 Å². The highest BCUT2D eigenvalue weighted by atomic mass is 79.9. The van der Waals surface area contributed by atoms with Crippen LogP contribution < -0.4 is 5.32 Å². The molecule has 3 nitrogen and oxygen atoms in total. The number of aryl methyl sites for hydroxylation is 1. The quantitative estimate of drug-likeness (QED) is 0.867. The summed E-state index contributed by atoms with van der Waals surface area (Å²) in [5, 5.41) is 3.94. The van der Waals surface area contributed by atoms with Gasteiger partial charge in [-0.15, -0.1) is 0 Å². The van der Waals surface area contributed by atoms with E-state index >= 15 is 0 Å². The van der Waals surface area contributed by atoms with Gasteiger partial charge in [-0.3, -0.25) is 4.79 Å². The van der Waals surface area contributed by atoms with Crippen LogP contribution in [0.2, 0.25) is 0 Å². The zero-order chi connectivity index (χ0) is 12.3. The van der Waals surface area contributed by atoms with E-state index in [0.717, 1.165) is 17.6 Å². The van der Waals surface area contributed by atoms with E-state index in [1.807, 2.05) is 13.0 Å². The molecule has 1 aromatic heterocycles. The lowest BCUT2D eigenvalue weighted by atomic mass is 9.89. The minimum absolute atomic E-state index is 0.106. The molecule has 0 spiro atoms. The summed E-state index contributed by atoms with van der Waals surface area (Å²) in [5.41, 5.74) is 0.247. The Bertz CT molecular complexity index is 394. The lowest BCUT2D eigenvalue weighted by molar-refractivity contribution is 0.0906. The molecule has 94 valence electrons. The Balaban J connectivity index is 1.91. The molecule has 0 saturated heterocycles. The third kappa shape index (κ3) is 2.92. The van der Waals surface area contributed by atoms with Crippen molar-refractivity contribution in [3.8, 4) is 0 Å². The van der Waals surface area contributed by atoms with Crippen LogP contribution in [0, 0.1) is 12.3 Å². The average Bonchev–Trinajstić information content (AvgIpc) is 2.95. The molecule has 0 aromatic carbocycles. The van der Waals surface area contributed by atoms with Crippen LogP contribution in [-0.4, -0.2) is 17.8 Å². The van der Waals surface area contributed by atoms with Crippen LogP contribution in [0.4, 0.5) is 0 Å². The van der Waals surface area contributed by atoms with Crippen LogP contribution in [0.5, 0.6) is 0 Å². The zero-order valence-corrected chi connectivity index (χ0v) is 11.7. The molecule has 1 aliphatic carbocycles. The van der Waals surface area contributed by atoms with E-state index < -0.39 is 0 Å². The smallest absolute Gasteiger partial charge is 0.287 e. The third-order valence-corrected chi connectivity index (χ3v) is 4.73. The summed E-state index contributed by atoms with van der Waals surface area (Å²) in [7, 11) is 0. The van der Waals surface area contributed by atoms with Gasteiger partial charge >= 0.3 is 0 Å². The molecule has 0 bridgehead atoms. The van der Waals surface area contributed by atoms with Crippen molar-refractivity contribution in [1.82, 2.24) is 5.32 Å². The highest BCUT2D eigenvalue weighted by Crippen LogP contribution is 2.38. The van der Waals surface area contributed by atoms with Gasteiger partial charge in [-0.05, 0) is 37.3 Å². The Labute approximate surface area is 110 Å². The van der Waals surface area contributed by atoms with Crippen LogP contribution in [0.15, 0.2) is 16.5 Å². The predicted molar refractivity (Wildman–Crippen MR) is 70.5 cm³/mol. The molecule has 4 heteroatoms. The Morgan fingerprint density at radius 2 is 2.18 bits per heavy atom. The van der Waals surface area contributed by atoms with Crippen LogP contribution in [-0.2, 0) is 0 Å². The van der Waals surface area contributed by atoms with E-state index in [-0.39, 0.29) is 11.3 Å². The molecule has 1 heterocycles. The van der Waals surface area contributed by atoms with E-state index in [9.17, 15) is 4.79 Å². The maximum absolute atomic E-state index is 11.9. The number of nitrogens with one attached hydrogen (secondary N) is 1. The third-order valence-electron chi connectivity index (χ3n) is 3.54. The van der Waals surface area contributed by atoms with Gasteiger partial charge in [-0.1, -0.05) is 28.8 Å². The minimum Gasteiger partial charge on any atom is -0.456 e. The molecule has 0 atom stereocenters. The van der Waals surface area contributed by atoms with E-state index in [1.165, 1.54) is 25.7 Å². The molecule has 1 saturated carbocycles. The molecule has 0 aliphatic heterocycles. The summed E-state index contributed by atoms with van der Waals surface area (Å²) in [4.78, 5) is 11.9. The summed E-state index contributed by atoms with van der Waals surface area (Å²) < 4.78 is 5.30. The van der Waals surface area contributed by atoms with E-state index in [2.05, 4.69) is 21.2 Å². The Morgan fingerprint density at radius 1 is 1.47 bits per heavy atom. The number of carbonyl (C=O) groups excluding carboxylic acids is 1. The first-order chi connectivity index (χ1) is 8.15. The van der Waals surface area contributed by atoms with Crippen molar-refractivity contribution < 1.29 is 9.21 Å². The Kier molecular flexibility index (Phi) is 3.92. The second-order valence-electron chi connectivity index (χ2n) is 4.93. The highest BCUT2D eigenvalue weighted by Gasteiger charge is 2.33. The van der Waals surface area contributed by atoms with E-state index in [0.29, 0.717) is 5.76 Å². The van der Waals surface area contributed by atoms with Gasteiger partial charge in [-0.25, -0.2) is 0 Å². The van der Waals surface area contributed by atoms with Crippen LogP contribution >= 0.6 is 15.9 Å². The van der Waals surface area contributed by atoms with Gasteiger partial charge in [0.25, 0.3) is 5.91 Å². The van der Waals surface area contributed by atoms with Crippen molar-refractivity contribution in [3.05, 3.63) is 23.7 Å². The van der Waals surface area contributed by atoms with Crippen molar-refractivity contribution in [2.24, 2.45) is 5.41 Å². The van der Waals surface area contributed by atoms with Gasteiger partial charge in [0.2, 0.25) is 0 Å². The number of carbonyl (C=O) groups is 1. The largest absolute Gasteiger partial charge is 0.456 e. The Hall–Kier alpha value is -0.770. The first-order valence-electron chi connectivity index (χ1n) is 6.06. The maximum atomic E-state index is 11.9. The molecule has 0 radical (unpaired) electrons. The Morgan fingerprint density at radius 3 is 2.71 bits per heavy atom. The van der Waals surface area contributed by atoms with Crippen molar-refractivity contribution in [2.45, 2.75) is 32.6 Å². The maximum Gasteiger partial charge on any atom is 0.287 e.